The Bertz CT molecular complexity index is 425. The fourth-order valence-corrected chi connectivity index (χ4v) is 1.75. The molecule has 2 rings (SSSR count). The molecule has 1 aliphatic carbocycles. The van der Waals surface area contributed by atoms with Crippen LogP contribution in [0.1, 0.15) is 16.8 Å². The van der Waals surface area contributed by atoms with Crippen LogP contribution in [-0.2, 0) is 0 Å². The Morgan fingerprint density at radius 2 is 2.31 bits per heavy atom. The van der Waals surface area contributed by atoms with Gasteiger partial charge in [0.05, 0.1) is 12.2 Å². The molecule has 1 N–H and O–H groups in total. The minimum Gasteiger partial charge on any atom is -0.478 e. The summed E-state index contributed by atoms with van der Waals surface area (Å²) in [5.74, 6) is -0.507. The predicted molar refractivity (Wildman–Crippen MR) is 59.4 cm³/mol. The van der Waals surface area contributed by atoms with E-state index in [4.69, 9.17) is 33.0 Å². The van der Waals surface area contributed by atoms with Crippen molar-refractivity contribution in [2.24, 2.45) is 5.92 Å². The summed E-state index contributed by atoms with van der Waals surface area (Å²) in [5, 5.41) is 9.07. The number of carboxylic acid groups (broad SMARTS) is 1. The van der Waals surface area contributed by atoms with Crippen LogP contribution in [0.3, 0.4) is 0 Å². The zero-order valence-electron chi connectivity index (χ0n) is 8.19. The lowest BCUT2D eigenvalue weighted by molar-refractivity contribution is 0.0696. The number of aromatic nitrogens is 1. The van der Waals surface area contributed by atoms with Crippen molar-refractivity contribution in [3.8, 4) is 5.88 Å². The molecule has 0 aliphatic heterocycles. The van der Waals surface area contributed by atoms with E-state index >= 15 is 0 Å². The molecule has 0 radical (unpaired) electrons. The fourth-order valence-electron chi connectivity index (χ4n) is 1.25. The average Bonchev–Trinajstić information content (AvgIpc) is 2.91. The number of rotatable bonds is 4. The monoisotopic (exact) mass is 261 g/mol. The molecule has 1 fully saturated rings. The molecule has 0 saturated heterocycles. The highest BCUT2D eigenvalue weighted by molar-refractivity contribution is 6.29. The Kier molecular flexibility index (Phi) is 3.21. The summed E-state index contributed by atoms with van der Waals surface area (Å²) in [6.07, 6.45) is 0.925. The van der Waals surface area contributed by atoms with E-state index < -0.39 is 5.97 Å². The van der Waals surface area contributed by atoms with Crippen LogP contribution in [0.25, 0.3) is 0 Å². The maximum atomic E-state index is 10.7. The fraction of sp³-hybridized carbons (Fsp3) is 0.400. The first-order valence-corrected chi connectivity index (χ1v) is 5.55. The van der Waals surface area contributed by atoms with E-state index in [-0.39, 0.29) is 22.0 Å². The first-order chi connectivity index (χ1) is 7.56. The molecular weight excluding hydrogens is 253 g/mol. The molecule has 1 saturated carbocycles. The van der Waals surface area contributed by atoms with Crippen LogP contribution in [-0.4, -0.2) is 28.0 Å². The standard InChI is InChI=1S/C10H9Cl2NO3/c11-7-1-6(7)4-16-9-3-5(10(14)15)2-8(12)13-9/h2-3,6-7H,1,4H2,(H,14,15)/t6-,7+/m1/s1. The van der Waals surface area contributed by atoms with Gasteiger partial charge in [-0.05, 0) is 12.5 Å². The average molecular weight is 262 g/mol. The van der Waals surface area contributed by atoms with Gasteiger partial charge in [-0.1, -0.05) is 11.6 Å². The quantitative estimate of drug-likeness (QED) is 0.668. The SMILES string of the molecule is O=C(O)c1cc(Cl)nc(OC[C@H]2C[C@@H]2Cl)c1. The van der Waals surface area contributed by atoms with Crippen molar-refractivity contribution >= 4 is 29.2 Å². The molecular formula is C10H9Cl2NO3. The third-order valence-corrected chi connectivity index (χ3v) is 3.03. The zero-order chi connectivity index (χ0) is 11.7. The van der Waals surface area contributed by atoms with Gasteiger partial charge in [-0.15, -0.1) is 11.6 Å². The molecule has 0 unspecified atom stereocenters. The number of hydrogen-bond acceptors (Lipinski definition) is 3. The lowest BCUT2D eigenvalue weighted by Gasteiger charge is -2.05. The van der Waals surface area contributed by atoms with E-state index in [0.717, 1.165) is 6.42 Å². The highest BCUT2D eigenvalue weighted by atomic mass is 35.5. The molecule has 86 valence electrons. The molecule has 2 atom stereocenters. The lowest BCUT2D eigenvalue weighted by atomic mass is 10.3. The summed E-state index contributed by atoms with van der Waals surface area (Å²) < 4.78 is 5.33. The second kappa shape index (κ2) is 4.47. The third-order valence-electron chi connectivity index (χ3n) is 2.30. The summed E-state index contributed by atoms with van der Waals surface area (Å²) in [4.78, 5) is 14.6. The molecule has 1 heterocycles. The Labute approximate surface area is 102 Å². The van der Waals surface area contributed by atoms with Gasteiger partial charge in [-0.3, -0.25) is 0 Å². The maximum absolute atomic E-state index is 10.7. The van der Waals surface area contributed by atoms with Gasteiger partial charge in [0.2, 0.25) is 5.88 Å². The van der Waals surface area contributed by atoms with Crippen LogP contribution in [0.4, 0.5) is 0 Å². The van der Waals surface area contributed by atoms with Gasteiger partial charge in [0, 0.05) is 17.4 Å². The minimum absolute atomic E-state index is 0.0632. The minimum atomic E-state index is -1.06. The van der Waals surface area contributed by atoms with Crippen molar-refractivity contribution in [2.75, 3.05) is 6.61 Å². The molecule has 1 aromatic rings. The Balaban J connectivity index is 2.05. The smallest absolute Gasteiger partial charge is 0.335 e. The topological polar surface area (TPSA) is 59.4 Å². The first-order valence-electron chi connectivity index (χ1n) is 4.74. The van der Waals surface area contributed by atoms with Gasteiger partial charge in [0.15, 0.2) is 0 Å². The third kappa shape index (κ3) is 2.77. The number of ether oxygens (including phenoxy) is 1. The molecule has 1 aliphatic rings. The molecule has 6 heteroatoms. The second-order valence-electron chi connectivity index (χ2n) is 3.64. The van der Waals surface area contributed by atoms with Gasteiger partial charge in [0.25, 0.3) is 0 Å². The van der Waals surface area contributed by atoms with Crippen LogP contribution in [0.2, 0.25) is 5.15 Å². The van der Waals surface area contributed by atoms with Crippen LogP contribution >= 0.6 is 23.2 Å². The molecule has 16 heavy (non-hydrogen) atoms. The van der Waals surface area contributed by atoms with Gasteiger partial charge >= 0.3 is 5.97 Å². The predicted octanol–water partition coefficient (Wildman–Crippen LogP) is 2.44. The Morgan fingerprint density at radius 3 is 2.88 bits per heavy atom. The Morgan fingerprint density at radius 1 is 1.62 bits per heavy atom. The molecule has 0 amide bonds. The van der Waals surface area contributed by atoms with Crippen LogP contribution in [0.5, 0.6) is 5.88 Å². The summed E-state index contributed by atoms with van der Waals surface area (Å²) in [7, 11) is 0. The summed E-state index contributed by atoms with van der Waals surface area (Å²) >= 11 is 11.5. The highest BCUT2D eigenvalue weighted by Crippen LogP contribution is 2.36. The number of hydrogen-bond donors (Lipinski definition) is 1. The van der Waals surface area contributed by atoms with Crippen molar-refractivity contribution in [1.82, 2.24) is 4.98 Å². The normalized spacial score (nSPS) is 22.9. The lowest BCUT2D eigenvalue weighted by Crippen LogP contribution is -2.04. The van der Waals surface area contributed by atoms with Crippen molar-refractivity contribution < 1.29 is 14.6 Å². The number of aromatic carboxylic acids is 1. The van der Waals surface area contributed by atoms with E-state index in [2.05, 4.69) is 4.98 Å². The molecule has 4 nitrogen and oxygen atoms in total. The van der Waals surface area contributed by atoms with Gasteiger partial charge in [-0.25, -0.2) is 9.78 Å². The van der Waals surface area contributed by atoms with E-state index in [1.807, 2.05) is 0 Å². The number of pyridine rings is 1. The van der Waals surface area contributed by atoms with E-state index in [1.165, 1.54) is 12.1 Å². The number of carboxylic acids is 1. The Hall–Kier alpha value is -1.00. The maximum Gasteiger partial charge on any atom is 0.335 e. The van der Waals surface area contributed by atoms with Gasteiger partial charge in [-0.2, -0.15) is 0 Å². The van der Waals surface area contributed by atoms with Crippen molar-refractivity contribution in [2.45, 2.75) is 11.8 Å². The van der Waals surface area contributed by atoms with Gasteiger partial charge < -0.3 is 9.84 Å². The zero-order valence-corrected chi connectivity index (χ0v) is 9.70. The van der Waals surface area contributed by atoms with Crippen molar-refractivity contribution in [3.05, 3.63) is 22.8 Å². The van der Waals surface area contributed by atoms with Crippen LogP contribution in [0.15, 0.2) is 12.1 Å². The summed E-state index contributed by atoms with van der Waals surface area (Å²) in [5.41, 5.74) is 0.0632. The summed E-state index contributed by atoms with van der Waals surface area (Å²) in [6.45, 7) is 0.445. The van der Waals surface area contributed by atoms with E-state index in [1.54, 1.807) is 0 Å². The van der Waals surface area contributed by atoms with E-state index in [9.17, 15) is 4.79 Å². The molecule has 1 aromatic heterocycles. The van der Waals surface area contributed by atoms with Crippen LogP contribution < -0.4 is 4.74 Å². The number of nitrogens with zero attached hydrogens (tertiary/aromatic N) is 1. The first kappa shape index (κ1) is 11.5. The van der Waals surface area contributed by atoms with Crippen molar-refractivity contribution in [3.63, 3.8) is 0 Å². The number of carbonyl (C=O) groups is 1. The largest absolute Gasteiger partial charge is 0.478 e. The molecule has 0 bridgehead atoms. The molecule has 0 spiro atoms. The van der Waals surface area contributed by atoms with Gasteiger partial charge in [0.1, 0.15) is 5.15 Å². The van der Waals surface area contributed by atoms with Crippen LogP contribution in [0, 0.1) is 5.92 Å². The summed E-state index contributed by atoms with van der Waals surface area (Å²) in [6, 6.07) is 2.62. The van der Waals surface area contributed by atoms with Crippen molar-refractivity contribution in [1.29, 1.82) is 0 Å². The van der Waals surface area contributed by atoms with E-state index in [0.29, 0.717) is 12.5 Å². The number of alkyl halides is 1. The second-order valence-corrected chi connectivity index (χ2v) is 4.59. The highest BCUT2D eigenvalue weighted by Gasteiger charge is 2.35. The number of halogens is 2. The molecule has 0 aromatic carbocycles.